The lowest BCUT2D eigenvalue weighted by molar-refractivity contribution is -0.141. The predicted molar refractivity (Wildman–Crippen MR) is 98.3 cm³/mol. The van der Waals surface area contributed by atoms with Gasteiger partial charge in [0, 0.05) is 45.2 Å². The molecule has 1 aromatic carbocycles. The molecule has 0 aromatic heterocycles. The molecule has 2 heterocycles. The van der Waals surface area contributed by atoms with Crippen LogP contribution in [0.1, 0.15) is 25.8 Å². The number of benzene rings is 1. The van der Waals surface area contributed by atoms with Crippen molar-refractivity contribution in [1.29, 1.82) is 0 Å². The third kappa shape index (κ3) is 4.06. The molecule has 0 spiro atoms. The highest BCUT2D eigenvalue weighted by Crippen LogP contribution is 2.22. The van der Waals surface area contributed by atoms with Gasteiger partial charge in [-0.15, -0.1) is 0 Å². The van der Waals surface area contributed by atoms with Gasteiger partial charge in [0.25, 0.3) is 0 Å². The fourth-order valence-corrected chi connectivity index (χ4v) is 3.71. The van der Waals surface area contributed by atoms with E-state index in [4.69, 9.17) is 0 Å². The Kier molecular flexibility index (Phi) is 5.59. The molecule has 3 rings (SSSR count). The number of nitrogens with zero attached hydrogens (tertiary/aromatic N) is 3. The van der Waals surface area contributed by atoms with E-state index < -0.39 is 0 Å². The summed E-state index contributed by atoms with van der Waals surface area (Å²) in [6.45, 7) is 6.68. The SMILES string of the molecule is CC(C)N1CC(C(=O)N2CCN(C(=O)Cc3ccccc3)CC2)CC1=O. The monoisotopic (exact) mass is 357 g/mol. The quantitative estimate of drug-likeness (QED) is 0.812. The van der Waals surface area contributed by atoms with Crippen LogP contribution in [0.25, 0.3) is 0 Å². The van der Waals surface area contributed by atoms with E-state index in [1.807, 2.05) is 54.0 Å². The second-order valence-corrected chi connectivity index (χ2v) is 7.41. The van der Waals surface area contributed by atoms with Crippen LogP contribution in [-0.2, 0) is 20.8 Å². The molecule has 0 bridgehead atoms. The van der Waals surface area contributed by atoms with Crippen LogP contribution in [0.3, 0.4) is 0 Å². The molecule has 0 saturated carbocycles. The summed E-state index contributed by atoms with van der Waals surface area (Å²) in [6, 6.07) is 9.84. The number of rotatable bonds is 4. The normalized spacial score (nSPS) is 20.8. The van der Waals surface area contributed by atoms with E-state index in [0.29, 0.717) is 45.6 Å². The van der Waals surface area contributed by atoms with Gasteiger partial charge in [0.1, 0.15) is 0 Å². The fourth-order valence-electron chi connectivity index (χ4n) is 3.71. The third-order valence-electron chi connectivity index (χ3n) is 5.27. The molecule has 2 aliphatic heterocycles. The lowest BCUT2D eigenvalue weighted by Crippen LogP contribution is -2.52. The first-order chi connectivity index (χ1) is 12.5. The summed E-state index contributed by atoms with van der Waals surface area (Å²) >= 11 is 0. The second-order valence-electron chi connectivity index (χ2n) is 7.41. The summed E-state index contributed by atoms with van der Waals surface area (Å²) in [7, 11) is 0. The molecule has 26 heavy (non-hydrogen) atoms. The van der Waals surface area contributed by atoms with Crippen molar-refractivity contribution >= 4 is 17.7 Å². The van der Waals surface area contributed by atoms with Crippen molar-refractivity contribution in [3.63, 3.8) is 0 Å². The summed E-state index contributed by atoms with van der Waals surface area (Å²) in [5, 5.41) is 0. The van der Waals surface area contributed by atoms with Crippen molar-refractivity contribution in [3.05, 3.63) is 35.9 Å². The van der Waals surface area contributed by atoms with Gasteiger partial charge in [-0.2, -0.15) is 0 Å². The molecule has 0 radical (unpaired) electrons. The number of amides is 3. The van der Waals surface area contributed by atoms with Gasteiger partial charge < -0.3 is 14.7 Å². The smallest absolute Gasteiger partial charge is 0.228 e. The highest BCUT2D eigenvalue weighted by molar-refractivity contribution is 5.89. The molecule has 0 aliphatic carbocycles. The van der Waals surface area contributed by atoms with Gasteiger partial charge in [0.2, 0.25) is 17.7 Å². The minimum absolute atomic E-state index is 0.0525. The van der Waals surface area contributed by atoms with Crippen molar-refractivity contribution in [2.24, 2.45) is 5.92 Å². The topological polar surface area (TPSA) is 60.9 Å². The molecule has 6 nitrogen and oxygen atoms in total. The average Bonchev–Trinajstić information content (AvgIpc) is 3.04. The van der Waals surface area contributed by atoms with Crippen molar-refractivity contribution < 1.29 is 14.4 Å². The molecule has 2 fully saturated rings. The minimum atomic E-state index is -0.239. The first kappa shape index (κ1) is 18.4. The van der Waals surface area contributed by atoms with Crippen LogP contribution in [-0.4, -0.2) is 71.2 Å². The van der Waals surface area contributed by atoms with Gasteiger partial charge in [-0.25, -0.2) is 0 Å². The standard InChI is InChI=1S/C20H27N3O3/c1-15(2)23-14-17(13-19(23)25)20(26)22-10-8-21(9-11-22)18(24)12-16-6-4-3-5-7-16/h3-7,15,17H,8-14H2,1-2H3. The molecule has 1 atom stereocenters. The maximum absolute atomic E-state index is 12.7. The van der Waals surface area contributed by atoms with Crippen LogP contribution in [0, 0.1) is 5.92 Å². The number of hydrogen-bond donors (Lipinski definition) is 0. The molecule has 1 unspecified atom stereocenters. The fraction of sp³-hybridized carbons (Fsp3) is 0.550. The van der Waals surface area contributed by atoms with Gasteiger partial charge in [-0.3, -0.25) is 14.4 Å². The van der Waals surface area contributed by atoms with E-state index in [0.717, 1.165) is 5.56 Å². The summed E-state index contributed by atoms with van der Waals surface area (Å²) < 4.78 is 0. The molecule has 0 N–H and O–H groups in total. The second kappa shape index (κ2) is 7.89. The number of likely N-dealkylation sites (tertiary alicyclic amines) is 1. The van der Waals surface area contributed by atoms with Gasteiger partial charge in [-0.05, 0) is 19.4 Å². The Morgan fingerprint density at radius 3 is 2.23 bits per heavy atom. The Labute approximate surface area is 154 Å². The Morgan fingerprint density at radius 1 is 1.04 bits per heavy atom. The summed E-state index contributed by atoms with van der Waals surface area (Å²) in [6.07, 6.45) is 0.708. The zero-order valence-corrected chi connectivity index (χ0v) is 15.6. The summed E-state index contributed by atoms with van der Waals surface area (Å²) in [4.78, 5) is 42.6. The first-order valence-corrected chi connectivity index (χ1v) is 9.35. The van der Waals surface area contributed by atoms with Crippen LogP contribution in [0.5, 0.6) is 0 Å². The highest BCUT2D eigenvalue weighted by Gasteiger charge is 2.38. The minimum Gasteiger partial charge on any atom is -0.339 e. The molecule has 1 aromatic rings. The van der Waals surface area contributed by atoms with Gasteiger partial charge >= 0.3 is 0 Å². The number of carbonyl (C=O) groups excluding carboxylic acids is 3. The molecule has 140 valence electrons. The van der Waals surface area contributed by atoms with Crippen molar-refractivity contribution in [2.45, 2.75) is 32.7 Å². The maximum atomic E-state index is 12.7. The van der Waals surface area contributed by atoms with Crippen molar-refractivity contribution in [1.82, 2.24) is 14.7 Å². The Bertz CT molecular complexity index is 666. The van der Waals surface area contributed by atoms with E-state index >= 15 is 0 Å². The van der Waals surface area contributed by atoms with Gasteiger partial charge in [0.05, 0.1) is 12.3 Å². The van der Waals surface area contributed by atoms with Crippen LogP contribution in [0.15, 0.2) is 30.3 Å². The largest absolute Gasteiger partial charge is 0.339 e. The lowest BCUT2D eigenvalue weighted by Gasteiger charge is -2.36. The zero-order valence-electron chi connectivity index (χ0n) is 15.6. The van der Waals surface area contributed by atoms with Crippen LogP contribution in [0.4, 0.5) is 0 Å². The number of piperazine rings is 1. The molecular weight excluding hydrogens is 330 g/mol. The van der Waals surface area contributed by atoms with Gasteiger partial charge in [-0.1, -0.05) is 30.3 Å². The molecule has 6 heteroatoms. The van der Waals surface area contributed by atoms with Crippen LogP contribution < -0.4 is 0 Å². The van der Waals surface area contributed by atoms with E-state index in [-0.39, 0.29) is 29.7 Å². The molecule has 2 saturated heterocycles. The van der Waals surface area contributed by atoms with Crippen LogP contribution >= 0.6 is 0 Å². The average molecular weight is 357 g/mol. The number of hydrogen-bond acceptors (Lipinski definition) is 3. The highest BCUT2D eigenvalue weighted by atomic mass is 16.2. The zero-order chi connectivity index (χ0) is 18.7. The number of carbonyl (C=O) groups is 3. The Hall–Kier alpha value is -2.37. The molecular formula is C20H27N3O3. The maximum Gasteiger partial charge on any atom is 0.228 e. The van der Waals surface area contributed by atoms with Crippen molar-refractivity contribution in [3.8, 4) is 0 Å². The molecule has 3 amide bonds. The summed E-state index contributed by atoms with van der Waals surface area (Å²) in [5.74, 6) is -0.0199. The summed E-state index contributed by atoms with van der Waals surface area (Å²) in [5.41, 5.74) is 1.01. The van der Waals surface area contributed by atoms with Crippen molar-refractivity contribution in [2.75, 3.05) is 32.7 Å². The van der Waals surface area contributed by atoms with E-state index in [1.165, 1.54) is 0 Å². The molecule has 2 aliphatic rings. The van der Waals surface area contributed by atoms with E-state index in [1.54, 1.807) is 4.90 Å². The predicted octanol–water partition coefficient (Wildman–Crippen LogP) is 1.16. The van der Waals surface area contributed by atoms with E-state index in [9.17, 15) is 14.4 Å². The first-order valence-electron chi connectivity index (χ1n) is 9.35. The Balaban J connectivity index is 1.50. The Morgan fingerprint density at radius 2 is 1.65 bits per heavy atom. The van der Waals surface area contributed by atoms with Gasteiger partial charge in [0.15, 0.2) is 0 Å². The van der Waals surface area contributed by atoms with Crippen LogP contribution in [0.2, 0.25) is 0 Å². The lowest BCUT2D eigenvalue weighted by atomic mass is 10.1. The third-order valence-corrected chi connectivity index (χ3v) is 5.27. The van der Waals surface area contributed by atoms with E-state index in [2.05, 4.69) is 0 Å².